The number of rotatable bonds is 0. The van der Waals surface area contributed by atoms with Crippen LogP contribution >= 0.6 is 0 Å². The highest BCUT2D eigenvalue weighted by Crippen LogP contribution is 1.38. The van der Waals surface area contributed by atoms with E-state index >= 15 is 0 Å². The molecule has 6 heavy (non-hydrogen) atoms. The molecule has 0 amide bonds. The van der Waals surface area contributed by atoms with E-state index in [0.29, 0.717) is 0 Å². The first-order chi connectivity index (χ1) is 2.83. The zero-order valence-corrected chi connectivity index (χ0v) is 4.57. The van der Waals surface area contributed by atoms with Crippen LogP contribution in [0.5, 0.6) is 0 Å². The predicted molar refractivity (Wildman–Crippen MR) is 31.7 cm³/mol. The summed E-state index contributed by atoms with van der Waals surface area (Å²) < 4.78 is 0. The lowest BCUT2D eigenvalue weighted by molar-refractivity contribution is 1.80. The molecule has 0 rings (SSSR count). The predicted octanol–water partition coefficient (Wildman–Crippen LogP) is 2.38. The Balaban J connectivity index is 0. The highest BCUT2D eigenvalue weighted by molar-refractivity contribution is 4.51. The second-order valence-corrected chi connectivity index (χ2v) is 0.816. The third kappa shape index (κ3) is 79.2. The molecule has 0 fully saturated rings. The molecule has 0 spiro atoms. The molecule has 0 atom stereocenters. The van der Waals surface area contributed by atoms with Gasteiger partial charge in [-0.1, -0.05) is 12.2 Å². The van der Waals surface area contributed by atoms with Crippen LogP contribution in [0.15, 0.2) is 25.3 Å². The summed E-state index contributed by atoms with van der Waals surface area (Å²) in [5.41, 5.74) is 0. The van der Waals surface area contributed by atoms with Gasteiger partial charge < -0.3 is 0 Å². The third-order valence-corrected chi connectivity index (χ3v) is 0. The maximum Gasteiger partial charge on any atom is -0.0473 e. The van der Waals surface area contributed by atoms with Crippen LogP contribution in [0.25, 0.3) is 0 Å². The summed E-state index contributed by atoms with van der Waals surface area (Å²) in [5, 5.41) is 0. The first-order valence-electron chi connectivity index (χ1n) is 1.97. The monoisotopic (exact) mass is 84.1 g/mol. The first-order valence-corrected chi connectivity index (χ1v) is 1.97. The summed E-state index contributed by atoms with van der Waals surface area (Å²) in [6, 6.07) is 0. The van der Waals surface area contributed by atoms with Crippen molar-refractivity contribution in [2.45, 2.75) is 13.8 Å². The Morgan fingerprint density at radius 3 is 1.00 bits per heavy atom. The van der Waals surface area contributed by atoms with Gasteiger partial charge in [-0.15, -0.1) is 13.2 Å². The molecule has 0 aromatic carbocycles. The molecule has 0 aromatic rings. The topological polar surface area (TPSA) is 0 Å². The number of hydrogen-bond donors (Lipinski definition) is 0. The third-order valence-electron chi connectivity index (χ3n) is 0. The summed E-state index contributed by atoms with van der Waals surface area (Å²) in [6.45, 7) is 10.5. The largest absolute Gasteiger partial charge is 0.103 e. The highest BCUT2D eigenvalue weighted by atomic mass is 13.2. The summed E-state index contributed by atoms with van der Waals surface area (Å²) in [6.07, 6.45) is 3.50. The molecule has 0 nitrogen and oxygen atoms in total. The van der Waals surface area contributed by atoms with Gasteiger partial charge in [-0.25, -0.2) is 0 Å². The maximum absolute atomic E-state index is 3.36. The SMILES string of the molecule is C=CC.C=CC. The van der Waals surface area contributed by atoms with Crippen molar-refractivity contribution in [3.63, 3.8) is 0 Å². The van der Waals surface area contributed by atoms with E-state index in [1.165, 1.54) is 0 Å². The van der Waals surface area contributed by atoms with E-state index in [0.717, 1.165) is 0 Å². The second kappa shape index (κ2) is 24.8. The second-order valence-electron chi connectivity index (χ2n) is 0.816. The lowest BCUT2D eigenvalue weighted by Crippen LogP contribution is -1.07. The molecule has 0 bridgehead atoms. The summed E-state index contributed by atoms with van der Waals surface area (Å²) >= 11 is 0. The van der Waals surface area contributed by atoms with Crippen LogP contribution < -0.4 is 0 Å². The Morgan fingerprint density at radius 1 is 1.00 bits per heavy atom. The van der Waals surface area contributed by atoms with E-state index in [-0.39, 0.29) is 0 Å². The van der Waals surface area contributed by atoms with Gasteiger partial charge in [0.25, 0.3) is 0 Å². The van der Waals surface area contributed by atoms with Gasteiger partial charge >= 0.3 is 0 Å². The first kappa shape index (κ1) is 9.08. The standard InChI is InChI=1S/2C3H6/c2*1-3-2/h2*3H,1H2,2H3. The smallest absolute Gasteiger partial charge is 0.0473 e. The Hall–Kier alpha value is -0.520. The van der Waals surface area contributed by atoms with Crippen molar-refractivity contribution in [1.29, 1.82) is 0 Å². The fourth-order valence-electron chi connectivity index (χ4n) is 0. The van der Waals surface area contributed by atoms with E-state index < -0.39 is 0 Å². The Labute approximate surface area is 40.2 Å². The molecule has 0 saturated carbocycles. The summed E-state index contributed by atoms with van der Waals surface area (Å²) in [5.74, 6) is 0. The van der Waals surface area contributed by atoms with Gasteiger partial charge in [-0.05, 0) is 13.8 Å². The van der Waals surface area contributed by atoms with E-state index in [1.807, 2.05) is 13.8 Å². The van der Waals surface area contributed by atoms with Gasteiger partial charge in [0, 0.05) is 0 Å². The van der Waals surface area contributed by atoms with Gasteiger partial charge in [0.05, 0.1) is 0 Å². The van der Waals surface area contributed by atoms with Crippen LogP contribution in [-0.2, 0) is 0 Å². The summed E-state index contributed by atoms with van der Waals surface area (Å²) in [7, 11) is 0. The molecule has 0 aliphatic rings. The zero-order valence-electron chi connectivity index (χ0n) is 4.57. The Kier molecular flexibility index (Phi) is 37.5. The van der Waals surface area contributed by atoms with Crippen LogP contribution in [0.4, 0.5) is 0 Å². The number of allylic oxidation sites excluding steroid dienone is 2. The van der Waals surface area contributed by atoms with Crippen LogP contribution in [-0.4, -0.2) is 0 Å². The number of hydrogen-bond acceptors (Lipinski definition) is 0. The molecule has 0 aliphatic carbocycles. The van der Waals surface area contributed by atoms with Gasteiger partial charge in [-0.3, -0.25) is 0 Å². The molecule has 0 unspecified atom stereocenters. The molecule has 0 heteroatoms. The van der Waals surface area contributed by atoms with Crippen LogP contribution in [0.3, 0.4) is 0 Å². The van der Waals surface area contributed by atoms with Gasteiger partial charge in [-0.2, -0.15) is 0 Å². The quantitative estimate of drug-likeness (QED) is 0.395. The van der Waals surface area contributed by atoms with Crippen molar-refractivity contribution in [3.05, 3.63) is 25.3 Å². The van der Waals surface area contributed by atoms with Crippen molar-refractivity contribution in [2.75, 3.05) is 0 Å². The average Bonchev–Trinajstić information content (AvgIpc) is 1.39. The Morgan fingerprint density at radius 2 is 1.00 bits per heavy atom. The van der Waals surface area contributed by atoms with Crippen LogP contribution in [0.2, 0.25) is 0 Å². The van der Waals surface area contributed by atoms with Gasteiger partial charge in [0.1, 0.15) is 0 Å². The Bertz CT molecular complexity index is 21.0. The zero-order chi connectivity index (χ0) is 5.41. The van der Waals surface area contributed by atoms with Crippen molar-refractivity contribution in [2.24, 2.45) is 0 Å². The van der Waals surface area contributed by atoms with E-state index in [9.17, 15) is 0 Å². The molecule has 0 aromatic heterocycles. The molecule has 0 heterocycles. The fourth-order valence-corrected chi connectivity index (χ4v) is 0. The molecule has 0 N–H and O–H groups in total. The van der Waals surface area contributed by atoms with Gasteiger partial charge in [0.15, 0.2) is 0 Å². The van der Waals surface area contributed by atoms with Crippen molar-refractivity contribution in [1.82, 2.24) is 0 Å². The molecular formula is C6H12. The summed E-state index contributed by atoms with van der Waals surface area (Å²) in [4.78, 5) is 0. The van der Waals surface area contributed by atoms with Crippen LogP contribution in [0, 0.1) is 0 Å². The van der Waals surface area contributed by atoms with Crippen molar-refractivity contribution < 1.29 is 0 Å². The minimum absolute atomic E-state index is 1.75. The van der Waals surface area contributed by atoms with E-state index in [1.54, 1.807) is 12.2 Å². The van der Waals surface area contributed by atoms with Gasteiger partial charge in [0.2, 0.25) is 0 Å². The molecular weight excluding hydrogens is 72.1 g/mol. The van der Waals surface area contributed by atoms with Crippen LogP contribution in [0.1, 0.15) is 13.8 Å². The highest BCUT2D eigenvalue weighted by Gasteiger charge is 1.15. The molecule has 0 radical (unpaired) electrons. The maximum atomic E-state index is 3.36. The molecule has 0 aliphatic heterocycles. The minimum atomic E-state index is 1.75. The lowest BCUT2D eigenvalue weighted by atomic mass is 10.8. The van der Waals surface area contributed by atoms with Crippen molar-refractivity contribution >= 4 is 0 Å². The van der Waals surface area contributed by atoms with Crippen molar-refractivity contribution in [3.8, 4) is 0 Å². The minimum Gasteiger partial charge on any atom is -0.103 e. The van der Waals surface area contributed by atoms with E-state index in [4.69, 9.17) is 0 Å². The normalized spacial score (nSPS) is 4.33. The molecule has 36 valence electrons. The fraction of sp³-hybridized carbons (Fsp3) is 0.333. The molecule has 0 saturated heterocycles. The average molecular weight is 84.2 g/mol. The lowest BCUT2D eigenvalue weighted by Gasteiger charge is -1.31. The van der Waals surface area contributed by atoms with E-state index in [2.05, 4.69) is 13.2 Å².